The Balaban J connectivity index is 1.49. The predicted octanol–water partition coefficient (Wildman–Crippen LogP) is 3.39. The molecule has 3 N–H and O–H groups in total. The SMILES string of the molecule is OP(O)COCC1CCC(n2ccc3c(NC4CCCC4)nc(Cl)nc32)O1. The van der Waals surface area contributed by atoms with Gasteiger partial charge in [-0.15, -0.1) is 0 Å². The van der Waals surface area contributed by atoms with Crippen LogP contribution >= 0.6 is 20.0 Å². The highest BCUT2D eigenvalue weighted by atomic mass is 35.5. The summed E-state index contributed by atoms with van der Waals surface area (Å²) in [5.74, 6) is 0.785. The third-order valence-corrected chi connectivity index (χ3v) is 5.73. The van der Waals surface area contributed by atoms with Crippen LogP contribution in [0.25, 0.3) is 11.0 Å². The van der Waals surface area contributed by atoms with Crippen LogP contribution in [0.4, 0.5) is 5.82 Å². The topological polar surface area (TPSA) is 102 Å². The van der Waals surface area contributed by atoms with E-state index in [9.17, 15) is 0 Å². The zero-order valence-corrected chi connectivity index (χ0v) is 16.6. The molecule has 27 heavy (non-hydrogen) atoms. The lowest BCUT2D eigenvalue weighted by molar-refractivity contribution is -0.0335. The molecule has 2 aromatic rings. The Morgan fingerprint density at radius 3 is 2.85 bits per heavy atom. The van der Waals surface area contributed by atoms with E-state index in [0.29, 0.717) is 12.6 Å². The van der Waals surface area contributed by atoms with Crippen molar-refractivity contribution in [2.45, 2.75) is 56.9 Å². The van der Waals surface area contributed by atoms with Gasteiger partial charge in [-0.05, 0) is 43.4 Å². The van der Waals surface area contributed by atoms with E-state index in [1.807, 2.05) is 16.8 Å². The molecule has 2 fully saturated rings. The minimum Gasteiger partial charge on any atom is -0.369 e. The molecular weight excluding hydrogens is 391 g/mol. The van der Waals surface area contributed by atoms with E-state index < -0.39 is 8.38 Å². The zero-order chi connectivity index (χ0) is 18.8. The van der Waals surface area contributed by atoms with Crippen LogP contribution in [0.2, 0.25) is 5.28 Å². The van der Waals surface area contributed by atoms with E-state index in [0.717, 1.165) is 42.5 Å². The Morgan fingerprint density at radius 2 is 2.07 bits per heavy atom. The summed E-state index contributed by atoms with van der Waals surface area (Å²) in [6.45, 7) is 0.347. The molecule has 2 aromatic heterocycles. The van der Waals surface area contributed by atoms with E-state index in [4.69, 9.17) is 30.9 Å². The van der Waals surface area contributed by atoms with E-state index in [1.54, 1.807) is 0 Å². The smallest absolute Gasteiger partial charge is 0.226 e. The molecule has 2 aliphatic rings. The summed E-state index contributed by atoms with van der Waals surface area (Å²) in [7, 11) is -2.03. The van der Waals surface area contributed by atoms with Gasteiger partial charge in [0.15, 0.2) is 8.38 Å². The number of nitrogens with one attached hydrogen (secondary N) is 1. The summed E-state index contributed by atoms with van der Waals surface area (Å²) >= 11 is 6.19. The molecule has 0 aromatic carbocycles. The van der Waals surface area contributed by atoms with Gasteiger partial charge in [0.05, 0.1) is 18.1 Å². The van der Waals surface area contributed by atoms with Crippen molar-refractivity contribution in [1.82, 2.24) is 14.5 Å². The molecule has 3 heterocycles. The summed E-state index contributed by atoms with van der Waals surface area (Å²) < 4.78 is 13.3. The second-order valence-corrected chi connectivity index (χ2v) is 8.43. The van der Waals surface area contributed by atoms with Crippen molar-refractivity contribution < 1.29 is 19.3 Å². The van der Waals surface area contributed by atoms with Crippen LogP contribution in [0.15, 0.2) is 12.3 Å². The maximum absolute atomic E-state index is 8.92. The van der Waals surface area contributed by atoms with Crippen LogP contribution in [0.5, 0.6) is 0 Å². The Kier molecular flexibility index (Phi) is 6.12. The number of aromatic nitrogens is 3. The predicted molar refractivity (Wildman–Crippen MR) is 104 cm³/mol. The summed E-state index contributed by atoms with van der Waals surface area (Å²) in [5, 5.41) is 4.69. The lowest BCUT2D eigenvalue weighted by Gasteiger charge is -2.17. The van der Waals surface area contributed by atoms with E-state index in [1.165, 1.54) is 12.8 Å². The standard InChI is InChI=1S/C17H24ClN4O4P/c18-17-20-15(19-11-3-1-2-4-11)13-7-8-22(16(13)21-17)14-6-5-12(26-14)9-25-10-27(23)24/h7-8,11-12,14,23-24H,1-6,9-10H2,(H,19,20,21). The maximum Gasteiger partial charge on any atom is 0.226 e. The molecule has 1 aliphatic heterocycles. The molecule has 1 saturated carbocycles. The third kappa shape index (κ3) is 4.53. The van der Waals surface area contributed by atoms with Crippen molar-refractivity contribution in [2.24, 2.45) is 0 Å². The minimum atomic E-state index is -2.03. The largest absolute Gasteiger partial charge is 0.369 e. The number of ether oxygens (including phenoxy) is 2. The fourth-order valence-electron chi connectivity index (χ4n) is 3.89. The Hall–Kier alpha value is -1.02. The highest BCUT2D eigenvalue weighted by Crippen LogP contribution is 2.34. The van der Waals surface area contributed by atoms with Gasteiger partial charge in [-0.1, -0.05) is 12.8 Å². The molecule has 10 heteroatoms. The van der Waals surface area contributed by atoms with Crippen molar-refractivity contribution in [2.75, 3.05) is 18.3 Å². The van der Waals surface area contributed by atoms with Crippen LogP contribution < -0.4 is 5.32 Å². The van der Waals surface area contributed by atoms with Crippen LogP contribution in [-0.4, -0.2) is 49.4 Å². The molecule has 0 bridgehead atoms. The lowest BCUT2D eigenvalue weighted by atomic mass is 10.2. The first-order valence-electron chi connectivity index (χ1n) is 9.29. The number of anilines is 1. The number of halogens is 1. The minimum absolute atomic E-state index is 0.0503. The van der Waals surface area contributed by atoms with Crippen molar-refractivity contribution >= 4 is 36.8 Å². The Labute approximate surface area is 163 Å². The van der Waals surface area contributed by atoms with Gasteiger partial charge in [0.2, 0.25) is 5.28 Å². The molecule has 4 rings (SSSR count). The number of hydrogen-bond donors (Lipinski definition) is 3. The van der Waals surface area contributed by atoms with Gasteiger partial charge in [0.25, 0.3) is 0 Å². The van der Waals surface area contributed by atoms with Crippen LogP contribution in [-0.2, 0) is 9.47 Å². The second-order valence-electron chi connectivity index (χ2n) is 7.09. The number of hydrogen-bond acceptors (Lipinski definition) is 7. The second kappa shape index (κ2) is 8.55. The van der Waals surface area contributed by atoms with Gasteiger partial charge in [-0.2, -0.15) is 4.98 Å². The molecular formula is C17H24ClN4O4P. The first kappa shape index (κ1) is 19.3. The zero-order valence-electron chi connectivity index (χ0n) is 14.9. The fourth-order valence-corrected chi connectivity index (χ4v) is 4.33. The Morgan fingerprint density at radius 1 is 1.26 bits per heavy atom. The van der Waals surface area contributed by atoms with Crippen molar-refractivity contribution in [3.05, 3.63) is 17.5 Å². The highest BCUT2D eigenvalue weighted by molar-refractivity contribution is 7.44. The molecule has 1 saturated heterocycles. The van der Waals surface area contributed by atoms with Gasteiger partial charge < -0.3 is 29.1 Å². The van der Waals surface area contributed by atoms with Gasteiger partial charge in [0, 0.05) is 12.2 Å². The van der Waals surface area contributed by atoms with Crippen LogP contribution in [0, 0.1) is 0 Å². The average molecular weight is 415 g/mol. The summed E-state index contributed by atoms with van der Waals surface area (Å²) in [5.41, 5.74) is 0.760. The Bertz CT molecular complexity index is 784. The number of nitrogens with zero attached hydrogens (tertiary/aromatic N) is 3. The van der Waals surface area contributed by atoms with E-state index in [2.05, 4.69) is 15.3 Å². The molecule has 148 valence electrons. The molecule has 0 radical (unpaired) electrons. The highest BCUT2D eigenvalue weighted by Gasteiger charge is 2.28. The quantitative estimate of drug-likeness (QED) is 0.471. The van der Waals surface area contributed by atoms with Crippen molar-refractivity contribution in [1.29, 1.82) is 0 Å². The van der Waals surface area contributed by atoms with Gasteiger partial charge in [-0.25, -0.2) is 4.98 Å². The number of fused-ring (bicyclic) bond motifs is 1. The molecule has 8 nitrogen and oxygen atoms in total. The summed E-state index contributed by atoms with van der Waals surface area (Å²) in [4.78, 5) is 26.7. The summed E-state index contributed by atoms with van der Waals surface area (Å²) in [6.07, 6.45) is 8.16. The monoisotopic (exact) mass is 414 g/mol. The van der Waals surface area contributed by atoms with E-state index >= 15 is 0 Å². The molecule has 0 spiro atoms. The third-order valence-electron chi connectivity index (χ3n) is 5.15. The van der Waals surface area contributed by atoms with Crippen LogP contribution in [0.3, 0.4) is 0 Å². The first-order chi connectivity index (χ1) is 13.1. The summed E-state index contributed by atoms with van der Waals surface area (Å²) in [6, 6.07) is 2.44. The average Bonchev–Trinajstić information content (AvgIpc) is 3.34. The molecule has 2 atom stereocenters. The fraction of sp³-hybridized carbons (Fsp3) is 0.647. The van der Waals surface area contributed by atoms with Crippen molar-refractivity contribution in [3.63, 3.8) is 0 Å². The lowest BCUT2D eigenvalue weighted by Crippen LogP contribution is -2.17. The van der Waals surface area contributed by atoms with Crippen LogP contribution in [0.1, 0.15) is 44.8 Å². The molecule has 2 unspecified atom stereocenters. The van der Waals surface area contributed by atoms with E-state index in [-0.39, 0.29) is 24.0 Å². The molecule has 0 amide bonds. The number of rotatable bonds is 7. The van der Waals surface area contributed by atoms with Crippen molar-refractivity contribution in [3.8, 4) is 0 Å². The first-order valence-corrected chi connectivity index (χ1v) is 11.1. The molecule has 1 aliphatic carbocycles. The van der Waals surface area contributed by atoms with Gasteiger partial charge in [0.1, 0.15) is 24.0 Å². The van der Waals surface area contributed by atoms with Gasteiger partial charge in [-0.3, -0.25) is 0 Å². The van der Waals surface area contributed by atoms with Gasteiger partial charge >= 0.3 is 0 Å². The normalized spacial score (nSPS) is 23.7. The maximum atomic E-state index is 8.92.